The number of piperidine rings is 1. The molecule has 2 aliphatic heterocycles. The summed E-state index contributed by atoms with van der Waals surface area (Å²) in [6.45, 7) is 5.14. The molecule has 4 atom stereocenters. The number of carbonyl (C=O) groups is 2. The first kappa shape index (κ1) is 27.8. The van der Waals surface area contributed by atoms with Crippen LogP contribution in [0.5, 0.6) is 5.75 Å². The predicted octanol–water partition coefficient (Wildman–Crippen LogP) is 3.40. The van der Waals surface area contributed by atoms with Crippen LogP contribution in [0, 0.1) is 11.8 Å². The van der Waals surface area contributed by atoms with Gasteiger partial charge in [0, 0.05) is 56.2 Å². The van der Waals surface area contributed by atoms with Crippen molar-refractivity contribution in [2.75, 3.05) is 33.4 Å². The van der Waals surface area contributed by atoms with Crippen LogP contribution in [0.15, 0.2) is 30.3 Å². The van der Waals surface area contributed by atoms with Crippen molar-refractivity contribution in [1.82, 2.24) is 29.3 Å². The van der Waals surface area contributed by atoms with Gasteiger partial charge in [-0.05, 0) is 68.9 Å². The summed E-state index contributed by atoms with van der Waals surface area (Å²) in [4.78, 5) is 38.2. The number of ether oxygens (including phenoxy) is 2. The predicted molar refractivity (Wildman–Crippen MR) is 163 cm³/mol. The monoisotopic (exact) mass is 585 g/mol. The molecule has 3 aromatic heterocycles. The third-order valence-electron chi connectivity index (χ3n) is 9.20. The van der Waals surface area contributed by atoms with Crippen molar-refractivity contribution in [1.29, 1.82) is 0 Å². The number of nitrogens with zero attached hydrogens (tertiary/aromatic N) is 5. The molecular formula is C32H39N7O4. The second-order valence-electron chi connectivity index (χ2n) is 12.3. The molecule has 0 radical (unpaired) electrons. The molecule has 1 aromatic carbocycles. The number of rotatable bonds is 3. The summed E-state index contributed by atoms with van der Waals surface area (Å²) in [6, 6.07) is 9.61. The van der Waals surface area contributed by atoms with Gasteiger partial charge in [0.15, 0.2) is 5.82 Å². The van der Waals surface area contributed by atoms with Crippen molar-refractivity contribution in [3.05, 3.63) is 41.6 Å². The Balaban J connectivity index is 1.30. The highest BCUT2D eigenvalue weighted by Crippen LogP contribution is 2.40. The molecule has 0 spiro atoms. The van der Waals surface area contributed by atoms with Gasteiger partial charge in [-0.25, -0.2) is 9.97 Å². The Morgan fingerprint density at radius 2 is 2.02 bits per heavy atom. The van der Waals surface area contributed by atoms with Crippen molar-refractivity contribution in [3.63, 3.8) is 0 Å². The van der Waals surface area contributed by atoms with E-state index in [0.29, 0.717) is 55.6 Å². The van der Waals surface area contributed by atoms with Crippen LogP contribution in [0.3, 0.4) is 0 Å². The maximum absolute atomic E-state index is 13.5. The van der Waals surface area contributed by atoms with Gasteiger partial charge in [-0.1, -0.05) is 0 Å². The quantitative estimate of drug-likeness (QED) is 0.377. The van der Waals surface area contributed by atoms with E-state index in [2.05, 4.69) is 22.0 Å². The fourth-order valence-electron chi connectivity index (χ4n) is 6.70. The molecule has 4 aromatic rings. The molecule has 2 amide bonds. The van der Waals surface area contributed by atoms with Gasteiger partial charge in [-0.15, -0.1) is 0 Å². The molecule has 2 bridgehead atoms. The summed E-state index contributed by atoms with van der Waals surface area (Å²) in [5.41, 5.74) is 10.8. The summed E-state index contributed by atoms with van der Waals surface area (Å²) < 4.78 is 16.0. The summed E-state index contributed by atoms with van der Waals surface area (Å²) in [5, 5.41) is 4.14. The van der Waals surface area contributed by atoms with Crippen LogP contribution in [-0.4, -0.2) is 75.3 Å². The average Bonchev–Trinajstić information content (AvgIpc) is 3.59. The van der Waals surface area contributed by atoms with Gasteiger partial charge in [0.1, 0.15) is 16.9 Å². The number of likely N-dealkylation sites (tertiary alicyclic amines) is 1. The fraction of sp³-hybridized carbons (Fsp3) is 0.500. The SMILES string of the molecule is COc1cc(C(=O)N2CCC[C@@H](N)C2)cc2nc(-c3cc4ccc5nc4n3CCCOC[C@@H]3C[C@@H]3C(=O)N[C@@H]5C)n(C)c12. The third kappa shape index (κ3) is 5.04. The van der Waals surface area contributed by atoms with Crippen molar-refractivity contribution in [2.24, 2.45) is 24.6 Å². The molecule has 1 saturated heterocycles. The normalized spacial score (nSPS) is 24.6. The highest BCUT2D eigenvalue weighted by atomic mass is 16.5. The highest BCUT2D eigenvalue weighted by Gasteiger charge is 2.43. The van der Waals surface area contributed by atoms with Crippen LogP contribution in [0.1, 0.15) is 54.7 Å². The van der Waals surface area contributed by atoms with E-state index < -0.39 is 0 Å². The van der Waals surface area contributed by atoms with E-state index in [-0.39, 0.29) is 29.8 Å². The summed E-state index contributed by atoms with van der Waals surface area (Å²) in [7, 11) is 3.59. The number of fused-ring (bicyclic) bond motifs is 3. The maximum Gasteiger partial charge on any atom is 0.254 e. The molecule has 1 saturated carbocycles. The Bertz CT molecular complexity index is 1730. The Kier molecular flexibility index (Phi) is 7.09. The topological polar surface area (TPSA) is 130 Å². The number of amides is 2. The fourth-order valence-corrected chi connectivity index (χ4v) is 6.70. The number of hydrogen-bond acceptors (Lipinski definition) is 7. The van der Waals surface area contributed by atoms with E-state index in [0.717, 1.165) is 59.4 Å². The van der Waals surface area contributed by atoms with Crippen LogP contribution in [0.4, 0.5) is 0 Å². The van der Waals surface area contributed by atoms with Gasteiger partial charge in [-0.3, -0.25) is 9.59 Å². The molecule has 7 rings (SSSR count). The smallest absolute Gasteiger partial charge is 0.254 e. The van der Waals surface area contributed by atoms with Crippen molar-refractivity contribution >= 4 is 33.9 Å². The number of benzene rings is 1. The van der Waals surface area contributed by atoms with Crippen LogP contribution < -0.4 is 15.8 Å². The Morgan fingerprint density at radius 3 is 2.84 bits per heavy atom. The molecule has 11 nitrogen and oxygen atoms in total. The van der Waals surface area contributed by atoms with Crippen LogP contribution >= 0.6 is 0 Å². The number of hydrogen-bond donors (Lipinski definition) is 2. The number of aromatic nitrogens is 4. The molecule has 3 N–H and O–H groups in total. The van der Waals surface area contributed by atoms with Crippen molar-refractivity contribution in [2.45, 2.75) is 51.2 Å². The number of imidazole rings is 1. The van der Waals surface area contributed by atoms with Gasteiger partial charge < -0.3 is 34.6 Å². The Labute approximate surface area is 250 Å². The molecule has 3 aliphatic rings. The minimum Gasteiger partial charge on any atom is -0.494 e. The first-order valence-electron chi connectivity index (χ1n) is 15.3. The number of pyridine rings is 1. The molecule has 226 valence electrons. The molecule has 11 heteroatoms. The maximum atomic E-state index is 13.5. The largest absolute Gasteiger partial charge is 0.494 e. The lowest BCUT2D eigenvalue weighted by Gasteiger charge is -2.30. The summed E-state index contributed by atoms with van der Waals surface area (Å²) >= 11 is 0. The second kappa shape index (κ2) is 10.9. The molecule has 0 unspecified atom stereocenters. The first-order chi connectivity index (χ1) is 20.8. The lowest BCUT2D eigenvalue weighted by molar-refractivity contribution is -0.123. The summed E-state index contributed by atoms with van der Waals surface area (Å²) in [5.74, 6) is 1.69. The molecule has 5 heterocycles. The number of nitrogens with one attached hydrogen (secondary N) is 1. The van der Waals surface area contributed by atoms with Gasteiger partial charge >= 0.3 is 0 Å². The Morgan fingerprint density at radius 1 is 1.16 bits per heavy atom. The number of methoxy groups -OCH3 is 1. The van der Waals surface area contributed by atoms with Crippen LogP contribution in [0.2, 0.25) is 0 Å². The van der Waals surface area contributed by atoms with E-state index >= 15 is 0 Å². The molecular weight excluding hydrogens is 546 g/mol. The van der Waals surface area contributed by atoms with Crippen LogP contribution in [-0.2, 0) is 23.1 Å². The minimum absolute atomic E-state index is 0.000983. The van der Waals surface area contributed by atoms with E-state index in [1.165, 1.54) is 0 Å². The van der Waals surface area contributed by atoms with Gasteiger partial charge in [0.2, 0.25) is 5.91 Å². The minimum atomic E-state index is -0.209. The standard InChI is InChI=1S/C32H39N7O4/c1-18-24-8-7-19-14-26(39(29(19)35-24)10-5-11-43-17-21-12-23(21)31(40)34-18)30-36-25-13-20(15-27(42-3)28(25)37(30)2)32(41)38-9-4-6-22(33)16-38/h7-8,13-15,18,21-23H,4-6,9-12,16-17,33H2,1-3H3,(H,34,40)/t18-,21+,22-,23+/m1/s1. The Hall–Kier alpha value is -3.96. The van der Waals surface area contributed by atoms with Gasteiger partial charge in [0.25, 0.3) is 5.91 Å². The average molecular weight is 586 g/mol. The van der Waals surface area contributed by atoms with E-state index in [1.54, 1.807) is 13.2 Å². The van der Waals surface area contributed by atoms with E-state index in [4.69, 9.17) is 25.2 Å². The lowest BCUT2D eigenvalue weighted by atomic mass is 10.0. The van der Waals surface area contributed by atoms with Gasteiger partial charge in [-0.2, -0.15) is 0 Å². The number of nitrogens with two attached hydrogens (primary N) is 1. The first-order valence-corrected chi connectivity index (χ1v) is 15.3. The number of aryl methyl sites for hydroxylation is 2. The zero-order valence-electron chi connectivity index (χ0n) is 25.0. The second-order valence-corrected chi connectivity index (χ2v) is 12.3. The van der Waals surface area contributed by atoms with Crippen LogP contribution in [0.25, 0.3) is 33.6 Å². The highest BCUT2D eigenvalue weighted by molar-refractivity contribution is 6.00. The van der Waals surface area contributed by atoms with Gasteiger partial charge in [0.05, 0.1) is 36.7 Å². The third-order valence-corrected chi connectivity index (χ3v) is 9.20. The van der Waals surface area contributed by atoms with Crippen molar-refractivity contribution < 1.29 is 19.1 Å². The van der Waals surface area contributed by atoms with E-state index in [9.17, 15) is 9.59 Å². The zero-order chi connectivity index (χ0) is 29.8. The molecule has 43 heavy (non-hydrogen) atoms. The lowest BCUT2D eigenvalue weighted by Crippen LogP contribution is -2.45. The number of carbonyl (C=O) groups excluding carboxylic acids is 2. The van der Waals surface area contributed by atoms with Crippen molar-refractivity contribution in [3.8, 4) is 17.3 Å². The molecule has 1 aliphatic carbocycles. The van der Waals surface area contributed by atoms with E-state index in [1.807, 2.05) is 35.6 Å². The summed E-state index contributed by atoms with van der Waals surface area (Å²) in [6.07, 6.45) is 3.51. The zero-order valence-corrected chi connectivity index (χ0v) is 25.0. The molecule has 2 fully saturated rings.